The van der Waals surface area contributed by atoms with Gasteiger partial charge in [0.05, 0.1) is 22.3 Å². The maximum absolute atomic E-state index is 13.4. The van der Waals surface area contributed by atoms with E-state index < -0.39 is 17.6 Å². The zero-order valence-corrected chi connectivity index (χ0v) is 10.8. The van der Waals surface area contributed by atoms with E-state index in [9.17, 15) is 14.0 Å². The second kappa shape index (κ2) is 5.66. The van der Waals surface area contributed by atoms with Crippen molar-refractivity contribution in [2.75, 3.05) is 5.32 Å². The van der Waals surface area contributed by atoms with Crippen LogP contribution in [0.15, 0.2) is 36.7 Å². The largest absolute Gasteiger partial charge is 0.366 e. The van der Waals surface area contributed by atoms with Crippen LogP contribution in [-0.2, 0) is 0 Å². The Labute approximate surface area is 118 Å². The summed E-state index contributed by atoms with van der Waals surface area (Å²) < 4.78 is 13.4. The maximum Gasteiger partial charge on any atom is 0.258 e. The molecule has 7 heteroatoms. The van der Waals surface area contributed by atoms with E-state index in [2.05, 4.69) is 10.3 Å². The van der Waals surface area contributed by atoms with Crippen molar-refractivity contribution < 1.29 is 14.0 Å². The lowest BCUT2D eigenvalue weighted by molar-refractivity contribution is 0.0995. The van der Waals surface area contributed by atoms with Crippen LogP contribution in [0.1, 0.15) is 20.7 Å². The molecule has 0 saturated carbocycles. The van der Waals surface area contributed by atoms with E-state index >= 15 is 0 Å². The van der Waals surface area contributed by atoms with Crippen LogP contribution in [0, 0.1) is 5.82 Å². The van der Waals surface area contributed by atoms with Gasteiger partial charge in [0, 0.05) is 11.9 Å². The molecule has 0 saturated heterocycles. The number of halogens is 2. The third kappa shape index (κ3) is 2.92. The maximum atomic E-state index is 13.4. The number of primary amides is 1. The summed E-state index contributed by atoms with van der Waals surface area (Å²) in [6, 6.07) is 5.46. The number of hydrogen-bond acceptors (Lipinski definition) is 3. The third-order valence-electron chi connectivity index (χ3n) is 2.51. The number of amides is 2. The Morgan fingerprint density at radius 1 is 1.25 bits per heavy atom. The van der Waals surface area contributed by atoms with Crippen molar-refractivity contribution in [3.63, 3.8) is 0 Å². The van der Waals surface area contributed by atoms with Crippen molar-refractivity contribution in [3.05, 3.63) is 58.6 Å². The molecule has 2 aromatic rings. The molecule has 0 fully saturated rings. The van der Waals surface area contributed by atoms with Gasteiger partial charge in [-0.05, 0) is 24.3 Å². The number of pyridine rings is 1. The highest BCUT2D eigenvalue weighted by Gasteiger charge is 2.13. The molecule has 0 radical (unpaired) electrons. The molecular weight excluding hydrogens is 285 g/mol. The van der Waals surface area contributed by atoms with Gasteiger partial charge in [0.2, 0.25) is 5.91 Å². The van der Waals surface area contributed by atoms with Gasteiger partial charge >= 0.3 is 0 Å². The number of carbonyl (C=O) groups is 2. The van der Waals surface area contributed by atoms with Crippen LogP contribution in [0.2, 0.25) is 5.02 Å². The highest BCUT2D eigenvalue weighted by molar-refractivity contribution is 6.34. The average molecular weight is 294 g/mol. The Kier molecular flexibility index (Phi) is 3.95. The summed E-state index contributed by atoms with van der Waals surface area (Å²) in [4.78, 5) is 26.6. The summed E-state index contributed by atoms with van der Waals surface area (Å²) in [5.74, 6) is -2.13. The van der Waals surface area contributed by atoms with E-state index in [0.29, 0.717) is 0 Å². The van der Waals surface area contributed by atoms with Crippen molar-refractivity contribution in [1.82, 2.24) is 4.98 Å². The minimum atomic E-state index is -0.742. The molecule has 2 rings (SSSR count). The monoisotopic (exact) mass is 293 g/mol. The summed E-state index contributed by atoms with van der Waals surface area (Å²) in [6.07, 6.45) is 2.24. The van der Waals surface area contributed by atoms with Crippen LogP contribution in [0.25, 0.3) is 0 Å². The fourth-order valence-electron chi connectivity index (χ4n) is 1.55. The van der Waals surface area contributed by atoms with Crippen LogP contribution >= 0.6 is 11.6 Å². The molecule has 102 valence electrons. The van der Waals surface area contributed by atoms with Gasteiger partial charge in [-0.25, -0.2) is 4.39 Å². The molecule has 0 spiro atoms. The van der Waals surface area contributed by atoms with Gasteiger partial charge in [-0.3, -0.25) is 14.6 Å². The van der Waals surface area contributed by atoms with Crippen molar-refractivity contribution in [3.8, 4) is 0 Å². The average Bonchev–Trinajstić information content (AvgIpc) is 2.41. The molecule has 1 aromatic heterocycles. The molecule has 0 aliphatic rings. The lowest BCUT2D eigenvalue weighted by Gasteiger charge is -2.08. The van der Waals surface area contributed by atoms with Crippen molar-refractivity contribution in [2.45, 2.75) is 0 Å². The van der Waals surface area contributed by atoms with Crippen molar-refractivity contribution in [2.24, 2.45) is 5.73 Å². The van der Waals surface area contributed by atoms with E-state index in [4.69, 9.17) is 17.3 Å². The highest BCUT2D eigenvalue weighted by Crippen LogP contribution is 2.20. The summed E-state index contributed by atoms with van der Waals surface area (Å²) in [5.41, 5.74) is 5.34. The first-order valence-electron chi connectivity index (χ1n) is 5.49. The van der Waals surface area contributed by atoms with Crippen LogP contribution in [0.5, 0.6) is 0 Å². The van der Waals surface area contributed by atoms with E-state index in [1.54, 1.807) is 0 Å². The molecule has 0 unspecified atom stereocenters. The quantitative estimate of drug-likeness (QED) is 0.910. The molecule has 0 aliphatic heterocycles. The number of nitrogens with one attached hydrogen (secondary N) is 1. The van der Waals surface area contributed by atoms with Gasteiger partial charge in [0.25, 0.3) is 5.91 Å². The third-order valence-corrected chi connectivity index (χ3v) is 2.84. The Morgan fingerprint density at radius 3 is 2.65 bits per heavy atom. The SMILES string of the molecule is NC(=O)c1cc(NC(=O)c2ccncc2F)ccc1Cl. The summed E-state index contributed by atoms with van der Waals surface area (Å²) >= 11 is 5.79. The molecule has 5 nitrogen and oxygen atoms in total. The standard InChI is InChI=1S/C13H9ClFN3O2/c14-10-2-1-7(5-9(10)12(16)19)18-13(20)8-3-4-17-6-11(8)15/h1-6H,(H2,16,19)(H,18,20). The van der Waals surface area contributed by atoms with Gasteiger partial charge in [-0.1, -0.05) is 11.6 Å². The van der Waals surface area contributed by atoms with Gasteiger partial charge in [0.15, 0.2) is 5.82 Å². The van der Waals surface area contributed by atoms with Gasteiger partial charge < -0.3 is 11.1 Å². The first-order chi connectivity index (χ1) is 9.49. The number of anilines is 1. The first kappa shape index (κ1) is 14.0. The predicted molar refractivity (Wildman–Crippen MR) is 72.1 cm³/mol. The Hall–Kier alpha value is -2.47. The van der Waals surface area contributed by atoms with Crippen LogP contribution in [-0.4, -0.2) is 16.8 Å². The lowest BCUT2D eigenvalue weighted by Crippen LogP contribution is -2.16. The smallest absolute Gasteiger partial charge is 0.258 e. The summed E-state index contributed by atoms with van der Waals surface area (Å²) in [6.45, 7) is 0. The fraction of sp³-hybridized carbons (Fsp3) is 0. The fourth-order valence-corrected chi connectivity index (χ4v) is 1.76. The van der Waals surface area contributed by atoms with Gasteiger partial charge in [-0.15, -0.1) is 0 Å². The number of carbonyl (C=O) groups excluding carboxylic acids is 2. The number of nitrogens with two attached hydrogens (primary N) is 1. The second-order valence-electron chi connectivity index (χ2n) is 3.87. The molecule has 1 heterocycles. The Morgan fingerprint density at radius 2 is 2.00 bits per heavy atom. The zero-order valence-electron chi connectivity index (χ0n) is 10.1. The molecule has 1 aromatic carbocycles. The summed E-state index contributed by atoms with van der Waals surface area (Å²) in [5, 5.41) is 2.62. The minimum Gasteiger partial charge on any atom is -0.366 e. The minimum absolute atomic E-state index is 0.0691. The van der Waals surface area contributed by atoms with E-state index in [1.165, 1.54) is 30.5 Å². The first-order valence-corrected chi connectivity index (χ1v) is 5.87. The second-order valence-corrected chi connectivity index (χ2v) is 4.28. The number of aromatic nitrogens is 1. The number of hydrogen-bond donors (Lipinski definition) is 2. The summed E-state index contributed by atoms with van der Waals surface area (Å²) in [7, 11) is 0. The molecular formula is C13H9ClFN3O2. The number of benzene rings is 1. The number of nitrogens with zero attached hydrogens (tertiary/aromatic N) is 1. The van der Waals surface area contributed by atoms with Crippen molar-refractivity contribution >= 4 is 29.1 Å². The lowest BCUT2D eigenvalue weighted by atomic mass is 10.1. The van der Waals surface area contributed by atoms with Crippen molar-refractivity contribution in [1.29, 1.82) is 0 Å². The van der Waals surface area contributed by atoms with E-state index in [-0.39, 0.29) is 21.8 Å². The van der Waals surface area contributed by atoms with Crippen LogP contribution < -0.4 is 11.1 Å². The van der Waals surface area contributed by atoms with E-state index in [0.717, 1.165) is 6.20 Å². The Balaban J connectivity index is 2.27. The van der Waals surface area contributed by atoms with Crippen LogP contribution in [0.4, 0.5) is 10.1 Å². The molecule has 0 bridgehead atoms. The zero-order chi connectivity index (χ0) is 14.7. The predicted octanol–water partition coefficient (Wildman–Crippen LogP) is 2.23. The molecule has 0 atom stereocenters. The Bertz CT molecular complexity index is 691. The normalized spacial score (nSPS) is 10.1. The van der Waals surface area contributed by atoms with Crippen LogP contribution in [0.3, 0.4) is 0 Å². The molecule has 3 N–H and O–H groups in total. The number of rotatable bonds is 3. The molecule has 0 aliphatic carbocycles. The van der Waals surface area contributed by atoms with E-state index in [1.807, 2.05) is 0 Å². The highest BCUT2D eigenvalue weighted by atomic mass is 35.5. The van der Waals surface area contributed by atoms with Gasteiger partial charge in [0.1, 0.15) is 0 Å². The molecule has 2 amide bonds. The molecule has 20 heavy (non-hydrogen) atoms. The topological polar surface area (TPSA) is 85.1 Å². The van der Waals surface area contributed by atoms with Gasteiger partial charge in [-0.2, -0.15) is 0 Å².